The van der Waals surface area contributed by atoms with Crippen molar-refractivity contribution >= 4 is 19.3 Å². The topological polar surface area (TPSA) is 49.7 Å². The van der Waals surface area contributed by atoms with Crippen LogP contribution in [0.15, 0.2) is 0 Å². The van der Waals surface area contributed by atoms with Crippen molar-refractivity contribution in [3.8, 4) is 0 Å². The molecule has 0 saturated carbocycles. The van der Waals surface area contributed by atoms with E-state index in [-0.39, 0.29) is 6.04 Å². The fourth-order valence-electron chi connectivity index (χ4n) is 0.457. The molecule has 0 aliphatic heterocycles. The van der Waals surface area contributed by atoms with Gasteiger partial charge in [-0.3, -0.25) is 0 Å². The van der Waals surface area contributed by atoms with Gasteiger partial charge in [0.25, 0.3) is 10.0 Å². The Hall–Kier alpha value is 0.104. The van der Waals surface area contributed by atoms with E-state index in [0.717, 1.165) is 0 Å². The van der Waals surface area contributed by atoms with Gasteiger partial charge in [-0.2, -0.15) is 13.2 Å². The highest BCUT2D eigenvalue weighted by Crippen LogP contribution is 2.22. The van der Waals surface area contributed by atoms with Crippen LogP contribution in [0.3, 0.4) is 0 Å². The van der Waals surface area contributed by atoms with Gasteiger partial charge in [-0.1, -0.05) is 0 Å². The van der Waals surface area contributed by atoms with Crippen LogP contribution in [0, 0.1) is 0 Å². The van der Waals surface area contributed by atoms with Crippen molar-refractivity contribution in [2.24, 2.45) is 0 Å². The minimum absolute atomic E-state index is 0.378. The van der Waals surface area contributed by atoms with E-state index in [4.69, 9.17) is 9.59 Å². The summed E-state index contributed by atoms with van der Waals surface area (Å²) in [6.45, 7) is 0. The largest absolute Gasteiger partial charge is 0.422 e. The first-order chi connectivity index (χ1) is 4.95. The Balaban J connectivity index is 3.38. The molecule has 0 amide bonds. The predicted molar refractivity (Wildman–Crippen MR) is 36.7 cm³/mol. The van der Waals surface area contributed by atoms with Gasteiger partial charge >= 0.3 is 15.5 Å². The van der Waals surface area contributed by atoms with Gasteiger partial charge in [0.15, 0.2) is 0 Å². The lowest BCUT2D eigenvalue weighted by molar-refractivity contribution is -0.131. The molecule has 3 nitrogen and oxygen atoms in total. The Morgan fingerprint density at radius 1 is 1.45 bits per heavy atom. The van der Waals surface area contributed by atoms with Crippen molar-refractivity contribution in [3.63, 3.8) is 0 Å². The van der Waals surface area contributed by atoms with E-state index >= 15 is 0 Å². The van der Waals surface area contributed by atoms with Crippen LogP contribution < -0.4 is 0 Å². The first-order valence-electron chi connectivity index (χ1n) is 2.93. The van der Waals surface area contributed by atoms with E-state index in [0.29, 0.717) is 0 Å². The lowest BCUT2D eigenvalue weighted by Gasteiger charge is -2.09. The molecule has 11 heavy (non-hydrogen) atoms. The van der Waals surface area contributed by atoms with Gasteiger partial charge in [-0.15, -0.1) is 0 Å². The summed E-state index contributed by atoms with van der Waals surface area (Å²) in [6, 6.07) is -0.378. The molecule has 0 fully saturated rings. The molecule has 2 N–H and O–H groups in total. The van der Waals surface area contributed by atoms with Crippen LogP contribution in [-0.4, -0.2) is 35.1 Å². The fourth-order valence-corrected chi connectivity index (χ4v) is 2.39. The van der Waals surface area contributed by atoms with Crippen LogP contribution in [0.2, 0.25) is 6.04 Å². The molecule has 0 aromatic rings. The highest BCUT2D eigenvalue weighted by Gasteiger charge is 2.28. The van der Waals surface area contributed by atoms with Crippen molar-refractivity contribution < 1.29 is 26.9 Å². The maximum absolute atomic E-state index is 11.5. The Bertz CT molecular complexity index is 108. The number of alkyl halides is 3. The zero-order valence-electron chi connectivity index (χ0n) is 5.64. The van der Waals surface area contributed by atoms with Crippen LogP contribution in [0.5, 0.6) is 0 Å². The van der Waals surface area contributed by atoms with Crippen LogP contribution in [0.25, 0.3) is 0 Å². The number of hydrogen-bond donors (Lipinski definition) is 2. The summed E-state index contributed by atoms with van der Waals surface area (Å²) in [4.78, 5) is 16.9. The van der Waals surface area contributed by atoms with Crippen molar-refractivity contribution in [1.82, 2.24) is 0 Å². The van der Waals surface area contributed by atoms with Crippen molar-refractivity contribution in [1.29, 1.82) is 0 Å². The van der Waals surface area contributed by atoms with Gasteiger partial charge < -0.3 is 13.7 Å². The van der Waals surface area contributed by atoms with Gasteiger partial charge in [0, 0.05) is 6.42 Å². The van der Waals surface area contributed by atoms with Crippen LogP contribution in [-0.2, 0) is 4.12 Å². The third kappa shape index (κ3) is 8.01. The second kappa shape index (κ2) is 4.88. The highest BCUT2D eigenvalue weighted by molar-refractivity contribution is 6.49. The molecule has 0 rings (SSSR count). The van der Waals surface area contributed by atoms with E-state index in [2.05, 4.69) is 4.12 Å². The first kappa shape index (κ1) is 11.1. The SMILES string of the molecule is O[SiH2]O[SiH](O)CCC(F)(F)F. The minimum Gasteiger partial charge on any atom is -0.422 e. The van der Waals surface area contributed by atoms with Crippen LogP contribution in [0.4, 0.5) is 13.2 Å². The highest BCUT2D eigenvalue weighted by atomic mass is 28.4. The summed E-state index contributed by atoms with van der Waals surface area (Å²) >= 11 is 0. The van der Waals surface area contributed by atoms with Crippen molar-refractivity contribution in [2.45, 2.75) is 18.6 Å². The molecule has 0 radical (unpaired) electrons. The second-order valence-corrected chi connectivity index (χ2v) is 4.98. The summed E-state index contributed by atoms with van der Waals surface area (Å²) < 4.78 is 38.7. The van der Waals surface area contributed by atoms with Gasteiger partial charge in [0.1, 0.15) is 0 Å². The van der Waals surface area contributed by atoms with Crippen molar-refractivity contribution in [2.75, 3.05) is 0 Å². The molecule has 0 aromatic heterocycles. The first-order valence-corrected chi connectivity index (χ1v) is 5.94. The Morgan fingerprint density at radius 3 is 2.36 bits per heavy atom. The molecular weight excluding hydrogens is 197 g/mol. The second-order valence-electron chi connectivity index (χ2n) is 1.90. The van der Waals surface area contributed by atoms with Gasteiger partial charge in [0.05, 0.1) is 0 Å². The van der Waals surface area contributed by atoms with E-state index in [1.807, 2.05) is 0 Å². The summed E-state index contributed by atoms with van der Waals surface area (Å²) in [6.07, 6.45) is -5.27. The molecule has 0 aliphatic carbocycles. The summed E-state index contributed by atoms with van der Waals surface area (Å²) in [7, 11) is -4.46. The maximum atomic E-state index is 11.5. The zero-order valence-corrected chi connectivity index (χ0v) is 8.20. The summed E-state index contributed by atoms with van der Waals surface area (Å²) in [5, 5.41) is 0. The molecule has 0 saturated heterocycles. The minimum atomic E-state index is -4.24. The quantitative estimate of drug-likeness (QED) is 0.590. The smallest absolute Gasteiger partial charge is 0.389 e. The monoisotopic (exact) mass is 206 g/mol. The average molecular weight is 206 g/mol. The van der Waals surface area contributed by atoms with Gasteiger partial charge in [-0.05, 0) is 6.04 Å². The Kier molecular flexibility index (Phi) is 4.92. The molecule has 0 spiro atoms. The number of halogens is 3. The van der Waals surface area contributed by atoms with E-state index in [1.165, 1.54) is 0 Å². The molecule has 8 heteroatoms. The molecule has 1 unspecified atom stereocenters. The molecule has 0 aliphatic rings. The zero-order chi connectivity index (χ0) is 8.91. The predicted octanol–water partition coefficient (Wildman–Crippen LogP) is -0.841. The maximum Gasteiger partial charge on any atom is 0.389 e. The Labute approximate surface area is 65.7 Å². The molecular formula is C3H9F3O3Si2. The normalized spacial score (nSPS) is 16.1. The lowest BCUT2D eigenvalue weighted by Crippen LogP contribution is -2.22. The number of rotatable bonds is 4. The van der Waals surface area contributed by atoms with E-state index in [9.17, 15) is 13.2 Å². The molecule has 1 atom stereocenters. The number of hydrogen-bond acceptors (Lipinski definition) is 3. The average Bonchev–Trinajstić information content (AvgIpc) is 1.83. The van der Waals surface area contributed by atoms with Crippen molar-refractivity contribution in [3.05, 3.63) is 0 Å². The van der Waals surface area contributed by atoms with Crippen LogP contribution in [0.1, 0.15) is 6.42 Å². The molecule has 0 bridgehead atoms. The standard InChI is InChI=1S/C3H9F3O3Si2/c4-3(5,6)1-2-11(8)9-10-7/h7-8,11H,1-2,10H2. The van der Waals surface area contributed by atoms with Gasteiger partial charge in [0.2, 0.25) is 0 Å². The fraction of sp³-hybridized carbons (Fsp3) is 1.00. The third-order valence-electron chi connectivity index (χ3n) is 0.942. The lowest BCUT2D eigenvalue weighted by atomic mass is 10.5. The summed E-state index contributed by atoms with van der Waals surface area (Å²) in [5.41, 5.74) is 0. The third-order valence-corrected chi connectivity index (χ3v) is 3.86. The Morgan fingerprint density at radius 2 is 2.00 bits per heavy atom. The van der Waals surface area contributed by atoms with Crippen LogP contribution >= 0.6 is 0 Å². The molecule has 68 valence electrons. The van der Waals surface area contributed by atoms with Gasteiger partial charge in [-0.25, -0.2) is 0 Å². The summed E-state index contributed by atoms with van der Waals surface area (Å²) in [5.74, 6) is 0. The van der Waals surface area contributed by atoms with E-state index < -0.39 is 31.9 Å². The molecule has 0 heterocycles. The van der Waals surface area contributed by atoms with E-state index in [1.54, 1.807) is 0 Å². The molecule has 0 aromatic carbocycles.